The van der Waals surface area contributed by atoms with E-state index >= 15 is 0 Å². The maximum atomic E-state index is 11.6. The molecular formula is C15H24N2O3. The Hall–Kier alpha value is -1.75. The first kappa shape index (κ1) is 16.3. The highest BCUT2D eigenvalue weighted by Crippen LogP contribution is 2.26. The lowest BCUT2D eigenvalue weighted by Crippen LogP contribution is -2.33. The summed E-state index contributed by atoms with van der Waals surface area (Å²) in [6, 6.07) is 7.48. The lowest BCUT2D eigenvalue weighted by Gasteiger charge is -2.17. The average molecular weight is 280 g/mol. The van der Waals surface area contributed by atoms with Crippen molar-refractivity contribution in [3.05, 3.63) is 24.3 Å². The average Bonchev–Trinajstić information content (AvgIpc) is 2.46. The lowest BCUT2D eigenvalue weighted by atomic mass is 10.3. The highest BCUT2D eigenvalue weighted by molar-refractivity contribution is 5.75. The summed E-state index contributed by atoms with van der Waals surface area (Å²) in [5.74, 6) is 1.43. The normalized spacial score (nSPS) is 11.8. The number of ether oxygens (including phenoxy) is 2. The van der Waals surface area contributed by atoms with Crippen LogP contribution in [0, 0.1) is 0 Å². The number of methoxy groups -OCH3 is 1. The van der Waals surface area contributed by atoms with E-state index in [9.17, 15) is 4.79 Å². The molecule has 1 aromatic rings. The van der Waals surface area contributed by atoms with Gasteiger partial charge < -0.3 is 20.1 Å². The Morgan fingerprint density at radius 3 is 2.65 bits per heavy atom. The van der Waals surface area contributed by atoms with Gasteiger partial charge in [0.15, 0.2) is 11.5 Å². The molecule has 0 fully saturated rings. The van der Waals surface area contributed by atoms with E-state index in [1.54, 1.807) is 7.11 Å². The van der Waals surface area contributed by atoms with Gasteiger partial charge in [0.25, 0.3) is 0 Å². The zero-order valence-electron chi connectivity index (χ0n) is 12.4. The van der Waals surface area contributed by atoms with E-state index in [1.807, 2.05) is 38.2 Å². The first-order chi connectivity index (χ1) is 9.67. The smallest absolute Gasteiger partial charge is 0.220 e. The zero-order valence-corrected chi connectivity index (χ0v) is 12.4. The number of amides is 1. The molecule has 1 rings (SSSR count). The van der Waals surface area contributed by atoms with Crippen LogP contribution in [0.1, 0.15) is 19.8 Å². The van der Waals surface area contributed by atoms with Crippen LogP contribution in [0.5, 0.6) is 11.5 Å². The van der Waals surface area contributed by atoms with Gasteiger partial charge in [-0.15, -0.1) is 0 Å². The quantitative estimate of drug-likeness (QED) is 0.674. The molecule has 20 heavy (non-hydrogen) atoms. The maximum Gasteiger partial charge on any atom is 0.220 e. The van der Waals surface area contributed by atoms with Gasteiger partial charge in [-0.3, -0.25) is 4.79 Å². The number of carbonyl (C=O) groups is 1. The predicted molar refractivity (Wildman–Crippen MR) is 79.3 cm³/mol. The van der Waals surface area contributed by atoms with E-state index in [1.165, 1.54) is 0 Å². The second-order valence-corrected chi connectivity index (χ2v) is 4.59. The third-order valence-electron chi connectivity index (χ3n) is 2.81. The van der Waals surface area contributed by atoms with Gasteiger partial charge in [-0.25, -0.2) is 0 Å². The number of hydrogen-bond acceptors (Lipinski definition) is 4. The molecule has 0 saturated carbocycles. The third-order valence-corrected chi connectivity index (χ3v) is 2.81. The molecule has 0 heterocycles. The van der Waals surface area contributed by atoms with E-state index in [2.05, 4.69) is 10.6 Å². The standard InChI is InChI=1S/C15H24N2O3/c1-12(11-17-15(18)9-6-10-16-2)20-14-8-5-4-7-13(14)19-3/h4-5,7-8,12,16H,6,9-11H2,1-3H3,(H,17,18). The van der Waals surface area contributed by atoms with Crippen LogP contribution in [0.2, 0.25) is 0 Å². The summed E-state index contributed by atoms with van der Waals surface area (Å²) in [4.78, 5) is 11.6. The molecule has 0 saturated heterocycles. The summed E-state index contributed by atoms with van der Waals surface area (Å²) in [6.07, 6.45) is 1.26. The Balaban J connectivity index is 2.32. The predicted octanol–water partition coefficient (Wildman–Crippen LogP) is 1.58. The number of rotatable bonds is 9. The Morgan fingerprint density at radius 2 is 2.00 bits per heavy atom. The van der Waals surface area contributed by atoms with Crippen LogP contribution in [-0.4, -0.2) is 39.3 Å². The van der Waals surface area contributed by atoms with Gasteiger partial charge in [0.05, 0.1) is 13.7 Å². The minimum Gasteiger partial charge on any atom is -0.493 e. The number of nitrogens with one attached hydrogen (secondary N) is 2. The monoisotopic (exact) mass is 280 g/mol. The number of hydrogen-bond donors (Lipinski definition) is 2. The van der Waals surface area contributed by atoms with Gasteiger partial charge in [-0.2, -0.15) is 0 Å². The first-order valence-corrected chi connectivity index (χ1v) is 6.88. The van der Waals surface area contributed by atoms with E-state index in [-0.39, 0.29) is 12.0 Å². The van der Waals surface area contributed by atoms with Gasteiger partial charge in [0.2, 0.25) is 5.91 Å². The van der Waals surface area contributed by atoms with Crippen molar-refractivity contribution >= 4 is 5.91 Å². The Labute approximate surface area is 120 Å². The minimum absolute atomic E-state index is 0.0516. The molecule has 0 bridgehead atoms. The Morgan fingerprint density at radius 1 is 1.30 bits per heavy atom. The Bertz CT molecular complexity index is 410. The molecule has 1 atom stereocenters. The van der Waals surface area contributed by atoms with Crippen molar-refractivity contribution in [1.29, 1.82) is 0 Å². The highest BCUT2D eigenvalue weighted by atomic mass is 16.5. The summed E-state index contributed by atoms with van der Waals surface area (Å²) in [7, 11) is 3.48. The van der Waals surface area contributed by atoms with Crippen LogP contribution in [0.15, 0.2) is 24.3 Å². The molecule has 0 aliphatic rings. The molecule has 5 heteroatoms. The van der Waals surface area contributed by atoms with E-state index in [0.717, 1.165) is 13.0 Å². The van der Waals surface area contributed by atoms with Crippen LogP contribution in [0.25, 0.3) is 0 Å². The summed E-state index contributed by atoms with van der Waals surface area (Å²) in [5.41, 5.74) is 0. The summed E-state index contributed by atoms with van der Waals surface area (Å²) in [5, 5.41) is 5.88. The van der Waals surface area contributed by atoms with E-state index < -0.39 is 0 Å². The first-order valence-electron chi connectivity index (χ1n) is 6.88. The molecule has 1 amide bonds. The van der Waals surface area contributed by atoms with Crippen molar-refractivity contribution in [2.24, 2.45) is 0 Å². The third kappa shape index (κ3) is 5.93. The van der Waals surface area contributed by atoms with Crippen molar-refractivity contribution in [3.63, 3.8) is 0 Å². The Kier molecular flexibility index (Phi) is 7.50. The van der Waals surface area contributed by atoms with Crippen molar-refractivity contribution < 1.29 is 14.3 Å². The van der Waals surface area contributed by atoms with Crippen molar-refractivity contribution in [2.45, 2.75) is 25.9 Å². The molecule has 0 spiro atoms. The zero-order chi connectivity index (χ0) is 14.8. The molecule has 0 radical (unpaired) electrons. The second-order valence-electron chi connectivity index (χ2n) is 4.59. The number of para-hydroxylation sites is 2. The fourth-order valence-electron chi connectivity index (χ4n) is 1.75. The van der Waals surface area contributed by atoms with Crippen LogP contribution in [-0.2, 0) is 4.79 Å². The number of carbonyl (C=O) groups excluding carboxylic acids is 1. The van der Waals surface area contributed by atoms with Crippen LogP contribution in [0.3, 0.4) is 0 Å². The van der Waals surface area contributed by atoms with E-state index in [0.29, 0.717) is 24.5 Å². The lowest BCUT2D eigenvalue weighted by molar-refractivity contribution is -0.121. The van der Waals surface area contributed by atoms with Gasteiger partial charge in [0.1, 0.15) is 6.10 Å². The molecule has 0 aromatic heterocycles. The fraction of sp³-hybridized carbons (Fsp3) is 0.533. The summed E-state index contributed by atoms with van der Waals surface area (Å²) < 4.78 is 11.0. The van der Waals surface area contributed by atoms with Gasteiger partial charge in [-0.1, -0.05) is 12.1 Å². The highest BCUT2D eigenvalue weighted by Gasteiger charge is 2.09. The number of benzene rings is 1. The fourth-order valence-corrected chi connectivity index (χ4v) is 1.75. The molecule has 5 nitrogen and oxygen atoms in total. The largest absolute Gasteiger partial charge is 0.493 e. The van der Waals surface area contributed by atoms with Gasteiger partial charge in [-0.05, 0) is 39.1 Å². The van der Waals surface area contributed by atoms with E-state index in [4.69, 9.17) is 9.47 Å². The SMILES string of the molecule is CNCCCC(=O)NCC(C)Oc1ccccc1OC. The van der Waals surface area contributed by atoms with Crippen LogP contribution < -0.4 is 20.1 Å². The molecule has 112 valence electrons. The van der Waals surface area contributed by atoms with Crippen molar-refractivity contribution in [2.75, 3.05) is 27.2 Å². The van der Waals surface area contributed by atoms with Gasteiger partial charge >= 0.3 is 0 Å². The molecule has 0 aliphatic heterocycles. The summed E-state index contributed by atoms with van der Waals surface area (Å²) >= 11 is 0. The van der Waals surface area contributed by atoms with Crippen molar-refractivity contribution in [1.82, 2.24) is 10.6 Å². The molecule has 0 aliphatic carbocycles. The minimum atomic E-state index is -0.112. The van der Waals surface area contributed by atoms with Gasteiger partial charge in [0, 0.05) is 6.42 Å². The molecule has 1 aromatic carbocycles. The summed E-state index contributed by atoms with van der Waals surface area (Å²) in [6.45, 7) is 3.25. The van der Waals surface area contributed by atoms with Crippen LogP contribution in [0.4, 0.5) is 0 Å². The maximum absolute atomic E-state index is 11.6. The molecular weight excluding hydrogens is 256 g/mol. The van der Waals surface area contributed by atoms with Crippen LogP contribution >= 0.6 is 0 Å². The topological polar surface area (TPSA) is 59.6 Å². The molecule has 1 unspecified atom stereocenters. The van der Waals surface area contributed by atoms with Crippen molar-refractivity contribution in [3.8, 4) is 11.5 Å². The molecule has 2 N–H and O–H groups in total. The second kappa shape index (κ2) is 9.20.